The van der Waals surface area contributed by atoms with E-state index in [2.05, 4.69) is 0 Å². The summed E-state index contributed by atoms with van der Waals surface area (Å²) in [5.41, 5.74) is 0. The van der Waals surface area contributed by atoms with Gasteiger partial charge in [0.15, 0.2) is 14.6 Å². The van der Waals surface area contributed by atoms with E-state index < -0.39 is 40.9 Å². The van der Waals surface area contributed by atoms with Crippen LogP contribution < -0.4 is 0 Å². The minimum atomic E-state index is -3.92. The second-order valence-electron chi connectivity index (χ2n) is 5.60. The van der Waals surface area contributed by atoms with Crippen LogP contribution in [0.15, 0.2) is 0 Å². The number of aliphatic carboxylic acids is 1. The summed E-state index contributed by atoms with van der Waals surface area (Å²) in [6.07, 6.45) is 2.34. The van der Waals surface area contributed by atoms with Gasteiger partial charge in [0, 0.05) is 6.26 Å². The van der Waals surface area contributed by atoms with Gasteiger partial charge in [-0.3, -0.25) is 4.79 Å². The zero-order valence-electron chi connectivity index (χ0n) is 11.3. The van der Waals surface area contributed by atoms with Crippen LogP contribution in [0.5, 0.6) is 0 Å². The van der Waals surface area contributed by atoms with Crippen molar-refractivity contribution in [3.8, 4) is 0 Å². The highest BCUT2D eigenvalue weighted by Crippen LogP contribution is 2.33. The Hall–Kier alpha value is -0.630. The Labute approximate surface area is 114 Å². The van der Waals surface area contributed by atoms with Crippen molar-refractivity contribution in [1.82, 2.24) is 0 Å². The van der Waals surface area contributed by atoms with Crippen molar-refractivity contribution in [2.24, 2.45) is 0 Å². The number of carboxylic acids is 1. The summed E-state index contributed by atoms with van der Waals surface area (Å²) in [5.74, 6) is -1.41. The van der Waals surface area contributed by atoms with Gasteiger partial charge in [0.2, 0.25) is 0 Å². The monoisotopic (exact) mass is 312 g/mol. The highest BCUT2D eigenvalue weighted by molar-refractivity contribution is 7.94. The lowest BCUT2D eigenvalue weighted by Gasteiger charge is -2.32. The fourth-order valence-corrected chi connectivity index (χ4v) is 5.65. The van der Waals surface area contributed by atoms with Crippen LogP contribution in [0.3, 0.4) is 0 Å². The van der Waals surface area contributed by atoms with Gasteiger partial charge < -0.3 is 5.11 Å². The van der Waals surface area contributed by atoms with E-state index in [0.717, 1.165) is 20.1 Å². The van der Waals surface area contributed by atoms with E-state index in [4.69, 9.17) is 5.11 Å². The van der Waals surface area contributed by atoms with Gasteiger partial charge in [-0.05, 0) is 33.1 Å². The van der Waals surface area contributed by atoms with Crippen molar-refractivity contribution in [3.05, 3.63) is 0 Å². The lowest BCUT2D eigenvalue weighted by Crippen LogP contribution is -2.48. The van der Waals surface area contributed by atoms with Crippen molar-refractivity contribution in [3.63, 3.8) is 0 Å². The van der Waals surface area contributed by atoms with E-state index in [9.17, 15) is 21.6 Å². The summed E-state index contributed by atoms with van der Waals surface area (Å²) < 4.78 is 45.9. The molecule has 0 saturated heterocycles. The third kappa shape index (κ3) is 3.10. The fourth-order valence-electron chi connectivity index (χ4n) is 2.31. The predicted octanol–water partition coefficient (Wildman–Crippen LogP) is 0.620. The second-order valence-corrected chi connectivity index (χ2v) is 10.7. The molecule has 0 radical (unpaired) electrons. The highest BCUT2D eigenvalue weighted by atomic mass is 32.2. The maximum atomic E-state index is 12.3. The summed E-state index contributed by atoms with van der Waals surface area (Å²) in [7, 11) is -7.21. The van der Waals surface area contributed by atoms with E-state index in [0.29, 0.717) is 19.3 Å². The van der Waals surface area contributed by atoms with Gasteiger partial charge in [-0.25, -0.2) is 16.8 Å². The molecule has 6 nitrogen and oxygen atoms in total. The van der Waals surface area contributed by atoms with Crippen molar-refractivity contribution in [1.29, 1.82) is 0 Å². The largest absolute Gasteiger partial charge is 0.480 e. The molecule has 0 aromatic carbocycles. The van der Waals surface area contributed by atoms with Crippen LogP contribution >= 0.6 is 0 Å². The zero-order chi connectivity index (χ0) is 15.1. The average Bonchev–Trinajstić information content (AvgIpc) is 2.27. The SMILES string of the molecule is CC(C)(C(=O)O)S(=O)(=O)C1CCCC(S(C)(=O)=O)C1. The molecule has 8 heteroatoms. The summed E-state index contributed by atoms with van der Waals surface area (Å²) in [5, 5.41) is 7.45. The second kappa shape index (κ2) is 5.05. The molecule has 0 amide bonds. The first kappa shape index (κ1) is 16.4. The quantitative estimate of drug-likeness (QED) is 0.815. The molecule has 2 atom stereocenters. The number of sulfone groups is 2. The van der Waals surface area contributed by atoms with Gasteiger partial charge in [0.25, 0.3) is 0 Å². The molecule has 1 fully saturated rings. The first-order valence-corrected chi connectivity index (χ1v) is 9.56. The van der Waals surface area contributed by atoms with Gasteiger partial charge in [0.05, 0.1) is 10.5 Å². The Bertz CT molecular complexity index is 558. The molecule has 1 aliphatic rings. The van der Waals surface area contributed by atoms with Gasteiger partial charge in [0.1, 0.15) is 9.84 Å². The van der Waals surface area contributed by atoms with Crippen LogP contribution in [-0.2, 0) is 24.5 Å². The Balaban J connectivity index is 3.07. The number of carboxylic acid groups (broad SMARTS) is 1. The van der Waals surface area contributed by atoms with Crippen LogP contribution in [0.25, 0.3) is 0 Å². The smallest absolute Gasteiger partial charge is 0.324 e. The Morgan fingerprint density at radius 3 is 2.00 bits per heavy atom. The third-order valence-electron chi connectivity index (χ3n) is 3.85. The summed E-state index contributed by atoms with van der Waals surface area (Å²) >= 11 is 0. The van der Waals surface area contributed by atoms with Gasteiger partial charge in [-0.1, -0.05) is 6.42 Å². The summed E-state index contributed by atoms with van der Waals surface area (Å²) in [6, 6.07) is 0. The molecular weight excluding hydrogens is 292 g/mol. The molecule has 19 heavy (non-hydrogen) atoms. The lowest BCUT2D eigenvalue weighted by molar-refractivity contribution is -0.139. The molecule has 0 aromatic rings. The van der Waals surface area contributed by atoms with E-state index in [1.807, 2.05) is 0 Å². The number of hydrogen-bond acceptors (Lipinski definition) is 5. The molecule has 1 aliphatic carbocycles. The molecule has 0 aromatic heterocycles. The normalized spacial score (nSPS) is 26.1. The first-order valence-electron chi connectivity index (χ1n) is 6.06. The Morgan fingerprint density at radius 1 is 1.11 bits per heavy atom. The van der Waals surface area contributed by atoms with E-state index >= 15 is 0 Å². The Morgan fingerprint density at radius 2 is 1.58 bits per heavy atom. The average molecular weight is 312 g/mol. The van der Waals surface area contributed by atoms with Gasteiger partial charge in [-0.2, -0.15) is 0 Å². The molecule has 0 aliphatic heterocycles. The van der Waals surface area contributed by atoms with Crippen molar-refractivity contribution in [2.45, 2.75) is 54.8 Å². The maximum absolute atomic E-state index is 12.3. The van der Waals surface area contributed by atoms with Crippen LogP contribution in [0.1, 0.15) is 39.5 Å². The molecular formula is C11H20O6S2. The molecule has 1 rings (SSSR count). The molecule has 0 heterocycles. The molecule has 0 spiro atoms. The van der Waals surface area contributed by atoms with Crippen molar-refractivity contribution < 1.29 is 26.7 Å². The van der Waals surface area contributed by atoms with Crippen LogP contribution in [-0.4, -0.2) is 49.4 Å². The minimum Gasteiger partial charge on any atom is -0.480 e. The van der Waals surface area contributed by atoms with Crippen molar-refractivity contribution >= 4 is 25.6 Å². The zero-order valence-corrected chi connectivity index (χ0v) is 12.9. The third-order valence-corrected chi connectivity index (χ3v) is 8.39. The van der Waals surface area contributed by atoms with Crippen LogP contribution in [0.2, 0.25) is 0 Å². The number of carbonyl (C=O) groups is 1. The molecule has 1 saturated carbocycles. The van der Waals surface area contributed by atoms with Crippen LogP contribution in [0, 0.1) is 0 Å². The van der Waals surface area contributed by atoms with E-state index in [1.54, 1.807) is 0 Å². The van der Waals surface area contributed by atoms with Gasteiger partial charge >= 0.3 is 5.97 Å². The summed E-state index contributed by atoms with van der Waals surface area (Å²) in [4.78, 5) is 11.1. The van der Waals surface area contributed by atoms with Gasteiger partial charge in [-0.15, -0.1) is 0 Å². The number of hydrogen-bond donors (Lipinski definition) is 1. The van der Waals surface area contributed by atoms with E-state index in [-0.39, 0.29) is 6.42 Å². The first-order chi connectivity index (χ1) is 8.40. The lowest BCUT2D eigenvalue weighted by atomic mass is 10.00. The molecule has 2 unspecified atom stereocenters. The topological polar surface area (TPSA) is 106 Å². The standard InChI is InChI=1S/C11H20O6S2/c1-11(2,10(12)13)19(16,17)9-6-4-5-8(7-9)18(3,14)15/h8-9H,4-7H2,1-3H3,(H,12,13). The number of rotatable bonds is 4. The molecule has 112 valence electrons. The maximum Gasteiger partial charge on any atom is 0.324 e. The highest BCUT2D eigenvalue weighted by Gasteiger charge is 2.48. The van der Waals surface area contributed by atoms with Crippen molar-refractivity contribution in [2.75, 3.05) is 6.26 Å². The van der Waals surface area contributed by atoms with Crippen LogP contribution in [0.4, 0.5) is 0 Å². The Kier molecular flexibility index (Phi) is 4.36. The molecule has 1 N–H and O–H groups in total. The predicted molar refractivity (Wildman–Crippen MR) is 71.5 cm³/mol. The van der Waals surface area contributed by atoms with E-state index in [1.165, 1.54) is 0 Å². The summed E-state index contributed by atoms with van der Waals surface area (Å²) in [6.45, 7) is 2.30. The fraction of sp³-hybridized carbons (Fsp3) is 0.909. The minimum absolute atomic E-state index is 0.00211. The molecule has 0 bridgehead atoms.